The number of alkyl halides is 3. The van der Waals surface area contributed by atoms with E-state index in [-0.39, 0.29) is 6.42 Å². The van der Waals surface area contributed by atoms with Crippen molar-refractivity contribution in [2.45, 2.75) is 32.0 Å². The molecule has 92 valence electrons. The lowest BCUT2D eigenvalue weighted by Crippen LogP contribution is -2.37. The van der Waals surface area contributed by atoms with Gasteiger partial charge in [-0.2, -0.15) is 13.2 Å². The summed E-state index contributed by atoms with van der Waals surface area (Å²) >= 11 is 0. The molecule has 1 amide bonds. The lowest BCUT2D eigenvalue weighted by Gasteiger charge is -2.15. The molecule has 1 rings (SSSR count). The first-order valence-corrected chi connectivity index (χ1v) is 4.80. The molecule has 0 heterocycles. The van der Waals surface area contributed by atoms with Crippen LogP contribution in [0, 0.1) is 11.8 Å². The molecule has 1 aliphatic carbocycles. The Bertz CT molecular complexity index is 303. The van der Waals surface area contributed by atoms with Crippen LogP contribution < -0.4 is 5.32 Å². The van der Waals surface area contributed by atoms with E-state index in [0.717, 1.165) is 0 Å². The topological polar surface area (TPSA) is 66.4 Å². The third-order valence-corrected chi connectivity index (χ3v) is 2.37. The Morgan fingerprint density at radius 1 is 1.44 bits per heavy atom. The second-order valence-corrected chi connectivity index (χ2v) is 4.02. The normalized spacial score (nSPS) is 26.0. The Hall–Kier alpha value is -1.27. The van der Waals surface area contributed by atoms with Gasteiger partial charge in [0.05, 0.1) is 18.3 Å². The van der Waals surface area contributed by atoms with Gasteiger partial charge in [0.2, 0.25) is 5.91 Å². The maximum absolute atomic E-state index is 11.9. The fourth-order valence-electron chi connectivity index (χ4n) is 1.51. The smallest absolute Gasteiger partial charge is 0.391 e. The van der Waals surface area contributed by atoms with Gasteiger partial charge in [-0.15, -0.1) is 0 Å². The maximum atomic E-state index is 11.9. The molecule has 7 heteroatoms. The summed E-state index contributed by atoms with van der Waals surface area (Å²) in [6.45, 7) is 1.24. The molecule has 1 fully saturated rings. The van der Waals surface area contributed by atoms with E-state index in [9.17, 15) is 22.8 Å². The van der Waals surface area contributed by atoms with E-state index in [0.29, 0.717) is 0 Å². The van der Waals surface area contributed by atoms with Crippen LogP contribution in [0.1, 0.15) is 19.8 Å². The number of nitrogens with one attached hydrogen (secondary N) is 1. The molecule has 0 aromatic rings. The summed E-state index contributed by atoms with van der Waals surface area (Å²) in [5, 5.41) is 10.7. The third kappa shape index (κ3) is 3.71. The number of halogens is 3. The molecule has 0 aliphatic heterocycles. The van der Waals surface area contributed by atoms with Crippen LogP contribution in [0.5, 0.6) is 0 Å². The highest BCUT2D eigenvalue weighted by molar-refractivity contribution is 5.89. The van der Waals surface area contributed by atoms with E-state index in [4.69, 9.17) is 5.11 Å². The predicted octanol–water partition coefficient (Wildman–Crippen LogP) is 1.16. The first kappa shape index (κ1) is 12.8. The highest BCUT2D eigenvalue weighted by Gasteiger charge is 2.48. The molecule has 0 aromatic heterocycles. The van der Waals surface area contributed by atoms with Gasteiger partial charge in [0.25, 0.3) is 0 Å². The minimum Gasteiger partial charge on any atom is -0.481 e. The minimum absolute atomic E-state index is 0.208. The predicted molar refractivity (Wildman–Crippen MR) is 47.5 cm³/mol. The fraction of sp³-hybridized carbons (Fsp3) is 0.778. The van der Waals surface area contributed by atoms with Crippen molar-refractivity contribution in [3.05, 3.63) is 0 Å². The number of carboxylic acid groups (broad SMARTS) is 1. The minimum atomic E-state index is -4.33. The lowest BCUT2D eigenvalue weighted by atomic mass is 10.2. The van der Waals surface area contributed by atoms with Crippen molar-refractivity contribution in [1.29, 1.82) is 0 Å². The monoisotopic (exact) mass is 239 g/mol. The number of carbonyl (C=O) groups is 2. The van der Waals surface area contributed by atoms with Gasteiger partial charge < -0.3 is 10.4 Å². The average Bonchev–Trinajstić information content (AvgIpc) is 2.76. The number of aliphatic carboxylic acids is 1. The van der Waals surface area contributed by atoms with Crippen molar-refractivity contribution >= 4 is 11.9 Å². The van der Waals surface area contributed by atoms with Crippen molar-refractivity contribution in [1.82, 2.24) is 5.32 Å². The van der Waals surface area contributed by atoms with Gasteiger partial charge in [-0.3, -0.25) is 9.59 Å². The van der Waals surface area contributed by atoms with Crippen molar-refractivity contribution < 1.29 is 27.9 Å². The Morgan fingerprint density at radius 3 is 2.38 bits per heavy atom. The van der Waals surface area contributed by atoms with Crippen molar-refractivity contribution in [3.8, 4) is 0 Å². The summed E-state index contributed by atoms with van der Waals surface area (Å²) in [5.74, 6) is -3.10. The van der Waals surface area contributed by atoms with Crippen LogP contribution in [-0.4, -0.2) is 29.2 Å². The molecule has 0 bridgehead atoms. The van der Waals surface area contributed by atoms with Gasteiger partial charge in [0.15, 0.2) is 0 Å². The first-order valence-electron chi connectivity index (χ1n) is 4.80. The zero-order valence-corrected chi connectivity index (χ0v) is 8.54. The zero-order chi connectivity index (χ0) is 12.5. The van der Waals surface area contributed by atoms with Crippen LogP contribution in [0.25, 0.3) is 0 Å². The first-order chi connectivity index (χ1) is 7.20. The standard InChI is InChI=1S/C9H12F3NO3/c1-4(3-9(10,11)12)13-7(14)5-2-6(5)8(15)16/h4-6H,2-3H2,1H3,(H,13,14)(H,15,16). The molecule has 0 saturated heterocycles. The van der Waals surface area contributed by atoms with E-state index in [1.807, 2.05) is 0 Å². The number of rotatable bonds is 4. The fourth-order valence-corrected chi connectivity index (χ4v) is 1.51. The van der Waals surface area contributed by atoms with Crippen LogP contribution in [0.15, 0.2) is 0 Å². The summed E-state index contributed by atoms with van der Waals surface area (Å²) in [7, 11) is 0. The molecule has 0 spiro atoms. The summed E-state index contributed by atoms with van der Waals surface area (Å²) in [5.41, 5.74) is 0. The molecule has 3 unspecified atom stereocenters. The summed E-state index contributed by atoms with van der Waals surface area (Å²) < 4.78 is 35.8. The van der Waals surface area contributed by atoms with E-state index in [1.54, 1.807) is 0 Å². The van der Waals surface area contributed by atoms with E-state index < -0.39 is 42.4 Å². The van der Waals surface area contributed by atoms with Gasteiger partial charge in [0, 0.05) is 6.04 Å². The van der Waals surface area contributed by atoms with Gasteiger partial charge in [0.1, 0.15) is 0 Å². The van der Waals surface area contributed by atoms with Crippen LogP contribution in [0.3, 0.4) is 0 Å². The van der Waals surface area contributed by atoms with Crippen molar-refractivity contribution in [2.24, 2.45) is 11.8 Å². The largest absolute Gasteiger partial charge is 0.481 e. The average molecular weight is 239 g/mol. The summed E-state index contributed by atoms with van der Waals surface area (Å²) in [4.78, 5) is 21.7. The Kier molecular flexibility index (Phi) is 3.44. The molecular weight excluding hydrogens is 227 g/mol. The molecule has 4 nitrogen and oxygen atoms in total. The second-order valence-electron chi connectivity index (χ2n) is 4.02. The number of hydrogen-bond donors (Lipinski definition) is 2. The molecule has 16 heavy (non-hydrogen) atoms. The molecule has 1 aliphatic rings. The summed E-state index contributed by atoms with van der Waals surface area (Å²) in [6.07, 6.45) is -5.23. The van der Waals surface area contributed by atoms with E-state index >= 15 is 0 Å². The molecular formula is C9H12F3NO3. The van der Waals surface area contributed by atoms with E-state index in [2.05, 4.69) is 5.32 Å². The van der Waals surface area contributed by atoms with Crippen molar-refractivity contribution in [3.63, 3.8) is 0 Å². The Balaban J connectivity index is 2.33. The highest BCUT2D eigenvalue weighted by atomic mass is 19.4. The van der Waals surface area contributed by atoms with Crippen LogP contribution >= 0.6 is 0 Å². The Labute approximate surface area is 89.8 Å². The van der Waals surface area contributed by atoms with E-state index in [1.165, 1.54) is 6.92 Å². The Morgan fingerprint density at radius 2 is 2.00 bits per heavy atom. The lowest BCUT2D eigenvalue weighted by molar-refractivity contribution is -0.144. The zero-order valence-electron chi connectivity index (χ0n) is 8.54. The van der Waals surface area contributed by atoms with Gasteiger partial charge in [-0.1, -0.05) is 0 Å². The van der Waals surface area contributed by atoms with Crippen LogP contribution in [-0.2, 0) is 9.59 Å². The van der Waals surface area contributed by atoms with Gasteiger partial charge in [-0.05, 0) is 13.3 Å². The van der Waals surface area contributed by atoms with Gasteiger partial charge in [-0.25, -0.2) is 0 Å². The number of carboxylic acids is 1. The quantitative estimate of drug-likeness (QED) is 0.773. The SMILES string of the molecule is CC(CC(F)(F)F)NC(=O)C1CC1C(=O)O. The maximum Gasteiger partial charge on any atom is 0.391 e. The van der Waals surface area contributed by atoms with Crippen LogP contribution in [0.2, 0.25) is 0 Å². The molecule has 3 atom stereocenters. The summed E-state index contributed by atoms with van der Waals surface area (Å²) in [6, 6.07) is -1.03. The number of hydrogen-bond acceptors (Lipinski definition) is 2. The molecule has 0 radical (unpaired) electrons. The number of carbonyl (C=O) groups excluding carboxylic acids is 1. The van der Waals surface area contributed by atoms with Gasteiger partial charge >= 0.3 is 12.1 Å². The highest BCUT2D eigenvalue weighted by Crippen LogP contribution is 2.38. The van der Waals surface area contributed by atoms with Crippen LogP contribution in [0.4, 0.5) is 13.2 Å². The molecule has 2 N–H and O–H groups in total. The molecule has 1 saturated carbocycles. The number of amides is 1. The molecule has 0 aromatic carbocycles. The third-order valence-electron chi connectivity index (χ3n) is 2.37. The second kappa shape index (κ2) is 4.31. The van der Waals surface area contributed by atoms with Crippen molar-refractivity contribution in [2.75, 3.05) is 0 Å².